The normalized spacial score (nSPS) is 21.3. The number of piperidine rings is 1. The number of ether oxygens (including phenoxy) is 2. The lowest BCUT2D eigenvalue weighted by atomic mass is 10.1. The maximum absolute atomic E-state index is 10.1. The molecular formula is C17H27NO3. The van der Waals surface area contributed by atoms with Crippen molar-refractivity contribution in [1.29, 1.82) is 0 Å². The van der Waals surface area contributed by atoms with Crippen molar-refractivity contribution in [1.82, 2.24) is 4.90 Å². The Labute approximate surface area is 127 Å². The molecule has 0 aromatic heterocycles. The van der Waals surface area contributed by atoms with E-state index in [1.807, 2.05) is 37.3 Å². The van der Waals surface area contributed by atoms with Gasteiger partial charge in [0.05, 0.1) is 25.4 Å². The van der Waals surface area contributed by atoms with Gasteiger partial charge in [-0.3, -0.25) is 4.90 Å². The van der Waals surface area contributed by atoms with E-state index < -0.39 is 6.10 Å². The van der Waals surface area contributed by atoms with E-state index in [0.717, 1.165) is 38.1 Å². The van der Waals surface area contributed by atoms with Crippen molar-refractivity contribution in [2.75, 3.05) is 32.8 Å². The van der Waals surface area contributed by atoms with Gasteiger partial charge in [-0.15, -0.1) is 0 Å². The molecule has 118 valence electrons. The van der Waals surface area contributed by atoms with E-state index in [4.69, 9.17) is 9.47 Å². The zero-order valence-electron chi connectivity index (χ0n) is 12.9. The third-order valence-electron chi connectivity index (χ3n) is 3.76. The highest BCUT2D eigenvalue weighted by Gasteiger charge is 2.21. The van der Waals surface area contributed by atoms with Gasteiger partial charge in [0.1, 0.15) is 0 Å². The number of β-amino-alcohol motifs (C(OH)–C–C–N with tert-alkyl or cyclic N) is 1. The van der Waals surface area contributed by atoms with Gasteiger partial charge >= 0.3 is 0 Å². The lowest BCUT2D eigenvalue weighted by Crippen LogP contribution is -2.44. The van der Waals surface area contributed by atoms with Crippen LogP contribution in [0.15, 0.2) is 30.3 Å². The Balaban J connectivity index is 1.63. The van der Waals surface area contributed by atoms with Crippen molar-refractivity contribution in [3.63, 3.8) is 0 Å². The predicted molar refractivity (Wildman–Crippen MR) is 83.2 cm³/mol. The summed E-state index contributed by atoms with van der Waals surface area (Å²) in [6.45, 7) is 6.36. The first kappa shape index (κ1) is 16.4. The van der Waals surface area contributed by atoms with Gasteiger partial charge in [-0.05, 0) is 31.9 Å². The molecule has 21 heavy (non-hydrogen) atoms. The Morgan fingerprint density at radius 2 is 2.14 bits per heavy atom. The first-order valence-corrected chi connectivity index (χ1v) is 7.91. The fraction of sp³-hybridized carbons (Fsp3) is 0.647. The molecule has 1 aliphatic heterocycles. The molecule has 2 atom stereocenters. The van der Waals surface area contributed by atoms with E-state index in [2.05, 4.69) is 4.90 Å². The van der Waals surface area contributed by atoms with Gasteiger partial charge in [-0.1, -0.05) is 30.3 Å². The molecule has 0 bridgehead atoms. The predicted octanol–water partition coefficient (Wildman–Crippen LogP) is 2.06. The minimum Gasteiger partial charge on any atom is -0.389 e. The number of benzene rings is 1. The van der Waals surface area contributed by atoms with Gasteiger partial charge in [0.2, 0.25) is 0 Å². The van der Waals surface area contributed by atoms with Crippen LogP contribution in [0.2, 0.25) is 0 Å². The summed E-state index contributed by atoms with van der Waals surface area (Å²) >= 11 is 0. The molecule has 1 aromatic rings. The summed E-state index contributed by atoms with van der Waals surface area (Å²) < 4.78 is 11.3. The Morgan fingerprint density at radius 3 is 2.90 bits per heavy atom. The molecule has 0 saturated carbocycles. The number of nitrogens with zero attached hydrogens (tertiary/aromatic N) is 1. The van der Waals surface area contributed by atoms with Crippen LogP contribution in [0.25, 0.3) is 0 Å². The van der Waals surface area contributed by atoms with Crippen molar-refractivity contribution in [2.24, 2.45) is 0 Å². The summed E-state index contributed by atoms with van der Waals surface area (Å²) in [5.74, 6) is 0. The second kappa shape index (κ2) is 9.15. The largest absolute Gasteiger partial charge is 0.389 e. The van der Waals surface area contributed by atoms with Crippen LogP contribution in [0.3, 0.4) is 0 Å². The SMILES string of the molecule is CCOC1CCCN(CC(O)COCc2ccccc2)C1. The Kier molecular flexibility index (Phi) is 7.16. The first-order chi connectivity index (χ1) is 10.3. The molecule has 4 nitrogen and oxygen atoms in total. The average molecular weight is 293 g/mol. The van der Waals surface area contributed by atoms with Gasteiger partial charge < -0.3 is 14.6 Å². The van der Waals surface area contributed by atoms with Gasteiger partial charge in [0.25, 0.3) is 0 Å². The van der Waals surface area contributed by atoms with Crippen molar-refractivity contribution in [3.8, 4) is 0 Å². The molecule has 0 radical (unpaired) electrons. The van der Waals surface area contributed by atoms with Crippen LogP contribution < -0.4 is 0 Å². The summed E-state index contributed by atoms with van der Waals surface area (Å²) in [7, 11) is 0. The molecule has 1 fully saturated rings. The van der Waals surface area contributed by atoms with Crippen molar-refractivity contribution >= 4 is 0 Å². The number of rotatable bonds is 8. The molecule has 0 aliphatic carbocycles. The van der Waals surface area contributed by atoms with Crippen LogP contribution in [0.4, 0.5) is 0 Å². The molecule has 2 unspecified atom stereocenters. The zero-order chi connectivity index (χ0) is 14.9. The molecule has 1 aromatic carbocycles. The number of aliphatic hydroxyl groups is 1. The summed E-state index contributed by atoms with van der Waals surface area (Å²) in [5, 5.41) is 10.1. The number of hydrogen-bond acceptors (Lipinski definition) is 4. The van der Waals surface area contributed by atoms with Crippen LogP contribution in [0.1, 0.15) is 25.3 Å². The van der Waals surface area contributed by atoms with Gasteiger partial charge in [-0.2, -0.15) is 0 Å². The molecule has 0 spiro atoms. The lowest BCUT2D eigenvalue weighted by molar-refractivity contribution is -0.0259. The van der Waals surface area contributed by atoms with Crippen LogP contribution in [0, 0.1) is 0 Å². The van der Waals surface area contributed by atoms with Crippen molar-refractivity contribution in [3.05, 3.63) is 35.9 Å². The molecule has 4 heteroatoms. The number of aliphatic hydroxyl groups excluding tert-OH is 1. The summed E-state index contributed by atoms with van der Waals surface area (Å²) in [6, 6.07) is 10.0. The monoisotopic (exact) mass is 293 g/mol. The summed E-state index contributed by atoms with van der Waals surface area (Å²) in [4.78, 5) is 2.28. The summed E-state index contributed by atoms with van der Waals surface area (Å²) in [6.07, 6.45) is 2.16. The van der Waals surface area contributed by atoms with Crippen LogP contribution in [0.5, 0.6) is 0 Å². The second-order valence-electron chi connectivity index (χ2n) is 5.63. The number of hydrogen-bond donors (Lipinski definition) is 1. The summed E-state index contributed by atoms with van der Waals surface area (Å²) in [5.41, 5.74) is 1.14. The average Bonchev–Trinajstić information content (AvgIpc) is 2.49. The highest BCUT2D eigenvalue weighted by Crippen LogP contribution is 2.13. The van der Waals surface area contributed by atoms with Crippen LogP contribution in [-0.4, -0.2) is 55.1 Å². The van der Waals surface area contributed by atoms with Crippen LogP contribution in [-0.2, 0) is 16.1 Å². The van der Waals surface area contributed by atoms with Crippen LogP contribution >= 0.6 is 0 Å². The topological polar surface area (TPSA) is 41.9 Å². The van der Waals surface area contributed by atoms with E-state index in [1.54, 1.807) is 0 Å². The first-order valence-electron chi connectivity index (χ1n) is 7.91. The smallest absolute Gasteiger partial charge is 0.0900 e. The number of likely N-dealkylation sites (tertiary alicyclic amines) is 1. The van der Waals surface area contributed by atoms with E-state index in [0.29, 0.717) is 25.9 Å². The Bertz CT molecular complexity index is 383. The molecule has 1 saturated heterocycles. The zero-order valence-corrected chi connectivity index (χ0v) is 12.9. The third-order valence-corrected chi connectivity index (χ3v) is 3.76. The third kappa shape index (κ3) is 6.14. The minimum atomic E-state index is -0.436. The Hall–Kier alpha value is -0.940. The molecule has 1 heterocycles. The Morgan fingerprint density at radius 1 is 1.33 bits per heavy atom. The van der Waals surface area contributed by atoms with E-state index in [-0.39, 0.29) is 0 Å². The maximum atomic E-state index is 10.1. The lowest BCUT2D eigenvalue weighted by Gasteiger charge is -2.33. The standard InChI is InChI=1S/C17H27NO3/c1-2-21-17-9-6-10-18(12-17)11-16(19)14-20-13-15-7-4-3-5-8-15/h3-5,7-8,16-17,19H,2,6,9-14H2,1H3. The maximum Gasteiger partial charge on any atom is 0.0900 e. The quantitative estimate of drug-likeness (QED) is 0.797. The minimum absolute atomic E-state index is 0.321. The van der Waals surface area contributed by atoms with Gasteiger partial charge in [-0.25, -0.2) is 0 Å². The van der Waals surface area contributed by atoms with E-state index in [1.165, 1.54) is 0 Å². The molecular weight excluding hydrogens is 266 g/mol. The fourth-order valence-electron chi connectivity index (χ4n) is 2.79. The second-order valence-corrected chi connectivity index (χ2v) is 5.63. The highest BCUT2D eigenvalue weighted by atomic mass is 16.5. The fourth-order valence-corrected chi connectivity index (χ4v) is 2.79. The molecule has 1 N–H and O–H groups in total. The van der Waals surface area contributed by atoms with Crippen molar-refractivity contribution in [2.45, 2.75) is 38.6 Å². The highest BCUT2D eigenvalue weighted by molar-refractivity contribution is 5.13. The van der Waals surface area contributed by atoms with Gasteiger partial charge in [0.15, 0.2) is 0 Å². The van der Waals surface area contributed by atoms with Gasteiger partial charge in [0, 0.05) is 19.7 Å². The molecule has 0 amide bonds. The van der Waals surface area contributed by atoms with E-state index in [9.17, 15) is 5.11 Å². The van der Waals surface area contributed by atoms with Crippen molar-refractivity contribution < 1.29 is 14.6 Å². The molecule has 2 rings (SSSR count). The van der Waals surface area contributed by atoms with E-state index >= 15 is 0 Å². The molecule has 1 aliphatic rings.